The third-order valence-electron chi connectivity index (χ3n) is 3.68. The van der Waals surface area contributed by atoms with E-state index in [0.717, 1.165) is 12.4 Å². The number of hydrogen-bond donors (Lipinski definition) is 1. The monoisotopic (exact) mass is 279 g/mol. The standard InChI is InChI=1S/C17H29NO2/c1-6-7-13(2)12-20-14(3)17(18-4)15-8-10-16(19-5)11-9-15/h8-11,13-14,17-18H,6-7,12H2,1-5H3. The van der Waals surface area contributed by atoms with Gasteiger partial charge in [-0.2, -0.15) is 0 Å². The molecule has 20 heavy (non-hydrogen) atoms. The van der Waals surface area contributed by atoms with Gasteiger partial charge in [-0.15, -0.1) is 0 Å². The zero-order valence-corrected chi connectivity index (χ0v) is 13.5. The molecule has 3 unspecified atom stereocenters. The third-order valence-corrected chi connectivity index (χ3v) is 3.68. The molecule has 0 saturated carbocycles. The van der Waals surface area contributed by atoms with E-state index >= 15 is 0 Å². The minimum atomic E-state index is 0.146. The van der Waals surface area contributed by atoms with Crippen LogP contribution >= 0.6 is 0 Å². The van der Waals surface area contributed by atoms with Crippen LogP contribution in [-0.2, 0) is 4.74 Å². The van der Waals surface area contributed by atoms with Gasteiger partial charge in [0.2, 0.25) is 0 Å². The predicted octanol–water partition coefficient (Wildman–Crippen LogP) is 3.80. The number of ether oxygens (including phenoxy) is 2. The Hall–Kier alpha value is -1.06. The first-order chi connectivity index (χ1) is 9.62. The molecule has 1 N–H and O–H groups in total. The van der Waals surface area contributed by atoms with Gasteiger partial charge >= 0.3 is 0 Å². The minimum Gasteiger partial charge on any atom is -0.497 e. The van der Waals surface area contributed by atoms with E-state index < -0.39 is 0 Å². The zero-order valence-electron chi connectivity index (χ0n) is 13.5. The average Bonchev–Trinajstić information content (AvgIpc) is 2.47. The molecular weight excluding hydrogens is 250 g/mol. The Morgan fingerprint density at radius 2 is 1.80 bits per heavy atom. The molecule has 0 bridgehead atoms. The topological polar surface area (TPSA) is 30.5 Å². The molecule has 3 heteroatoms. The van der Waals surface area contributed by atoms with Gasteiger partial charge in [-0.3, -0.25) is 0 Å². The van der Waals surface area contributed by atoms with E-state index in [0.29, 0.717) is 5.92 Å². The third kappa shape index (κ3) is 5.14. The molecule has 0 aromatic heterocycles. The van der Waals surface area contributed by atoms with Crippen molar-refractivity contribution in [2.24, 2.45) is 5.92 Å². The first-order valence-corrected chi connectivity index (χ1v) is 7.55. The highest BCUT2D eigenvalue weighted by Crippen LogP contribution is 2.22. The van der Waals surface area contributed by atoms with Crippen molar-refractivity contribution in [2.75, 3.05) is 20.8 Å². The lowest BCUT2D eigenvalue weighted by Gasteiger charge is -2.26. The van der Waals surface area contributed by atoms with Gasteiger partial charge in [-0.1, -0.05) is 32.4 Å². The molecule has 114 valence electrons. The molecule has 3 nitrogen and oxygen atoms in total. The smallest absolute Gasteiger partial charge is 0.118 e. The summed E-state index contributed by atoms with van der Waals surface area (Å²) in [5.74, 6) is 1.50. The van der Waals surface area contributed by atoms with Crippen LogP contribution in [0.5, 0.6) is 5.75 Å². The van der Waals surface area contributed by atoms with Crippen LogP contribution in [0.3, 0.4) is 0 Å². The summed E-state index contributed by atoms with van der Waals surface area (Å²) >= 11 is 0. The maximum atomic E-state index is 6.03. The molecule has 0 aliphatic heterocycles. The number of nitrogens with one attached hydrogen (secondary N) is 1. The normalized spacial score (nSPS) is 15.7. The molecule has 0 radical (unpaired) electrons. The maximum Gasteiger partial charge on any atom is 0.118 e. The molecule has 1 aromatic rings. The Bertz CT molecular complexity index is 364. The summed E-state index contributed by atoms with van der Waals surface area (Å²) in [6.07, 6.45) is 2.58. The van der Waals surface area contributed by atoms with Crippen LogP contribution < -0.4 is 10.1 Å². The lowest BCUT2D eigenvalue weighted by atomic mass is 10.0. The van der Waals surface area contributed by atoms with Crippen molar-refractivity contribution in [1.82, 2.24) is 5.32 Å². The Morgan fingerprint density at radius 1 is 1.15 bits per heavy atom. The lowest BCUT2D eigenvalue weighted by molar-refractivity contribution is 0.0198. The fourth-order valence-corrected chi connectivity index (χ4v) is 2.47. The van der Waals surface area contributed by atoms with Gasteiger partial charge in [0, 0.05) is 6.61 Å². The summed E-state index contributed by atoms with van der Waals surface area (Å²) in [5, 5.41) is 3.35. The van der Waals surface area contributed by atoms with Crippen LogP contribution in [0.2, 0.25) is 0 Å². The van der Waals surface area contributed by atoms with E-state index in [9.17, 15) is 0 Å². The largest absolute Gasteiger partial charge is 0.497 e. The van der Waals surface area contributed by atoms with E-state index in [1.165, 1.54) is 18.4 Å². The summed E-state index contributed by atoms with van der Waals surface area (Å²) in [5.41, 5.74) is 1.23. The van der Waals surface area contributed by atoms with Crippen LogP contribution in [-0.4, -0.2) is 26.9 Å². The van der Waals surface area contributed by atoms with E-state index in [1.807, 2.05) is 19.2 Å². The minimum absolute atomic E-state index is 0.146. The molecule has 1 rings (SSSR count). The Kier molecular flexibility index (Phi) is 7.63. The van der Waals surface area contributed by atoms with Crippen LogP contribution in [0.15, 0.2) is 24.3 Å². The van der Waals surface area contributed by atoms with Crippen molar-refractivity contribution in [2.45, 2.75) is 45.8 Å². The summed E-state index contributed by atoms with van der Waals surface area (Å²) in [7, 11) is 3.66. The first kappa shape index (κ1) is 17.0. The lowest BCUT2D eigenvalue weighted by Crippen LogP contribution is -2.30. The van der Waals surface area contributed by atoms with Gasteiger partial charge < -0.3 is 14.8 Å². The van der Waals surface area contributed by atoms with Crippen molar-refractivity contribution in [3.05, 3.63) is 29.8 Å². The molecule has 0 aliphatic carbocycles. The van der Waals surface area contributed by atoms with Crippen molar-refractivity contribution in [1.29, 1.82) is 0 Å². The van der Waals surface area contributed by atoms with Gasteiger partial charge in [-0.05, 0) is 44.0 Å². The molecular formula is C17H29NO2. The Labute approximate surface area is 123 Å². The molecule has 3 atom stereocenters. The van der Waals surface area contributed by atoms with Crippen molar-refractivity contribution in [3.63, 3.8) is 0 Å². The van der Waals surface area contributed by atoms with E-state index in [-0.39, 0.29) is 12.1 Å². The average molecular weight is 279 g/mol. The molecule has 1 aromatic carbocycles. The molecule has 0 amide bonds. The molecule has 0 saturated heterocycles. The summed E-state index contributed by atoms with van der Waals surface area (Å²) in [6, 6.07) is 8.37. The summed E-state index contributed by atoms with van der Waals surface area (Å²) in [4.78, 5) is 0. The van der Waals surface area contributed by atoms with Crippen molar-refractivity contribution < 1.29 is 9.47 Å². The molecule has 0 spiro atoms. The number of methoxy groups -OCH3 is 1. The zero-order chi connectivity index (χ0) is 15.0. The summed E-state index contributed by atoms with van der Waals surface area (Å²) < 4.78 is 11.2. The van der Waals surface area contributed by atoms with E-state index in [4.69, 9.17) is 9.47 Å². The van der Waals surface area contributed by atoms with Crippen LogP contribution in [0.1, 0.15) is 45.2 Å². The van der Waals surface area contributed by atoms with Gasteiger partial charge in [0.1, 0.15) is 5.75 Å². The van der Waals surface area contributed by atoms with Gasteiger partial charge in [-0.25, -0.2) is 0 Å². The van der Waals surface area contributed by atoms with Crippen LogP contribution in [0.4, 0.5) is 0 Å². The Balaban J connectivity index is 2.59. The molecule has 0 heterocycles. The number of rotatable bonds is 9. The van der Waals surface area contributed by atoms with Gasteiger partial charge in [0.25, 0.3) is 0 Å². The maximum absolute atomic E-state index is 6.03. The first-order valence-electron chi connectivity index (χ1n) is 7.55. The fourth-order valence-electron chi connectivity index (χ4n) is 2.47. The van der Waals surface area contributed by atoms with Crippen LogP contribution in [0.25, 0.3) is 0 Å². The number of likely N-dealkylation sites (N-methyl/N-ethyl adjacent to an activating group) is 1. The molecule has 0 fully saturated rings. The van der Waals surface area contributed by atoms with Crippen LogP contribution in [0, 0.1) is 5.92 Å². The second-order valence-corrected chi connectivity index (χ2v) is 5.47. The van der Waals surface area contributed by atoms with Crippen molar-refractivity contribution >= 4 is 0 Å². The highest BCUT2D eigenvalue weighted by Gasteiger charge is 2.18. The highest BCUT2D eigenvalue weighted by atomic mass is 16.5. The van der Waals surface area contributed by atoms with Gasteiger partial charge in [0.15, 0.2) is 0 Å². The van der Waals surface area contributed by atoms with Gasteiger partial charge in [0.05, 0.1) is 19.3 Å². The second-order valence-electron chi connectivity index (χ2n) is 5.47. The number of hydrogen-bond acceptors (Lipinski definition) is 3. The van der Waals surface area contributed by atoms with Crippen molar-refractivity contribution in [3.8, 4) is 5.75 Å². The summed E-state index contributed by atoms with van der Waals surface area (Å²) in [6.45, 7) is 7.42. The predicted molar refractivity (Wildman–Crippen MR) is 84.3 cm³/mol. The number of benzene rings is 1. The highest BCUT2D eigenvalue weighted by molar-refractivity contribution is 5.29. The second kappa shape index (κ2) is 8.98. The van der Waals surface area contributed by atoms with E-state index in [1.54, 1.807) is 7.11 Å². The quantitative estimate of drug-likeness (QED) is 0.746. The van der Waals surface area contributed by atoms with E-state index in [2.05, 4.69) is 38.2 Å². The fraction of sp³-hybridized carbons (Fsp3) is 0.647. The SMILES string of the molecule is CCCC(C)COC(C)C(NC)c1ccc(OC)cc1. The Morgan fingerprint density at radius 3 is 2.30 bits per heavy atom. The molecule has 0 aliphatic rings.